The molecule has 1 saturated carbocycles. The Morgan fingerprint density at radius 1 is 1.30 bits per heavy atom. The van der Waals surface area contributed by atoms with E-state index in [1.807, 2.05) is 0 Å². The van der Waals surface area contributed by atoms with Crippen LogP contribution in [0.1, 0.15) is 26.7 Å². The summed E-state index contributed by atoms with van der Waals surface area (Å²) < 4.78 is 5.58. The average Bonchev–Trinajstić information content (AvgIpc) is 2.76. The normalized spacial score (nSPS) is 25.6. The van der Waals surface area contributed by atoms with Gasteiger partial charge in [-0.25, -0.2) is 0 Å². The van der Waals surface area contributed by atoms with Crippen molar-refractivity contribution in [3.05, 3.63) is 34.4 Å². The number of benzene rings is 1. The SMILES string of the molecule is CC1CCC(NCCOc2ccc([N+](=O)[O-])cc2)C1C. The Balaban J connectivity index is 1.69. The second-order valence-electron chi connectivity index (χ2n) is 5.57. The summed E-state index contributed by atoms with van der Waals surface area (Å²) in [4.78, 5) is 10.1. The second-order valence-corrected chi connectivity index (χ2v) is 5.57. The van der Waals surface area contributed by atoms with Crippen molar-refractivity contribution in [3.8, 4) is 5.75 Å². The zero-order valence-corrected chi connectivity index (χ0v) is 12.0. The number of non-ortho nitro benzene ring substituents is 1. The number of nitrogens with one attached hydrogen (secondary N) is 1. The lowest BCUT2D eigenvalue weighted by molar-refractivity contribution is -0.384. The Bertz CT molecular complexity index is 447. The van der Waals surface area contributed by atoms with Gasteiger partial charge in [0.25, 0.3) is 5.69 Å². The van der Waals surface area contributed by atoms with Crippen LogP contribution in [0, 0.1) is 22.0 Å². The summed E-state index contributed by atoms with van der Waals surface area (Å²) in [5, 5.41) is 14.1. The quantitative estimate of drug-likeness (QED) is 0.493. The predicted octanol–water partition coefficient (Wildman–Crippen LogP) is 3.00. The van der Waals surface area contributed by atoms with Crippen LogP contribution in [-0.2, 0) is 0 Å². The average molecular weight is 278 g/mol. The number of hydrogen-bond acceptors (Lipinski definition) is 4. The maximum Gasteiger partial charge on any atom is 0.269 e. The van der Waals surface area contributed by atoms with Gasteiger partial charge in [0.1, 0.15) is 12.4 Å². The zero-order chi connectivity index (χ0) is 14.5. The molecule has 1 aliphatic rings. The van der Waals surface area contributed by atoms with Gasteiger partial charge in [0.05, 0.1) is 4.92 Å². The highest BCUT2D eigenvalue weighted by atomic mass is 16.6. The standard InChI is InChI=1S/C15H22N2O3/c1-11-3-8-15(12(11)2)16-9-10-20-14-6-4-13(5-7-14)17(18)19/h4-7,11-12,15-16H,3,8-10H2,1-2H3. The molecular formula is C15H22N2O3. The first-order valence-electron chi connectivity index (χ1n) is 7.18. The topological polar surface area (TPSA) is 64.4 Å². The Morgan fingerprint density at radius 3 is 2.55 bits per heavy atom. The predicted molar refractivity (Wildman–Crippen MR) is 77.9 cm³/mol. The van der Waals surface area contributed by atoms with E-state index < -0.39 is 4.92 Å². The Kier molecular flexibility index (Phi) is 4.95. The molecule has 1 N–H and O–H groups in total. The van der Waals surface area contributed by atoms with Gasteiger partial charge in [-0.15, -0.1) is 0 Å². The van der Waals surface area contributed by atoms with Gasteiger partial charge < -0.3 is 10.1 Å². The number of nitrogens with zero attached hydrogens (tertiary/aromatic N) is 1. The second kappa shape index (κ2) is 6.70. The summed E-state index contributed by atoms with van der Waals surface area (Å²) in [6.07, 6.45) is 2.53. The van der Waals surface area contributed by atoms with Gasteiger partial charge in [0.2, 0.25) is 0 Å². The first kappa shape index (κ1) is 14.8. The fourth-order valence-corrected chi connectivity index (χ4v) is 2.73. The summed E-state index contributed by atoms with van der Waals surface area (Å²) in [7, 11) is 0. The summed E-state index contributed by atoms with van der Waals surface area (Å²) >= 11 is 0. The van der Waals surface area contributed by atoms with Crippen LogP contribution in [0.5, 0.6) is 5.75 Å². The van der Waals surface area contributed by atoms with Gasteiger partial charge in [-0.2, -0.15) is 0 Å². The maximum absolute atomic E-state index is 10.5. The van der Waals surface area contributed by atoms with Gasteiger partial charge in [-0.3, -0.25) is 10.1 Å². The summed E-state index contributed by atoms with van der Waals surface area (Å²) in [6.45, 7) is 5.99. The Hall–Kier alpha value is -1.62. The highest BCUT2D eigenvalue weighted by Gasteiger charge is 2.28. The van der Waals surface area contributed by atoms with Crippen LogP contribution in [-0.4, -0.2) is 24.1 Å². The van der Waals surface area contributed by atoms with Crippen LogP contribution >= 0.6 is 0 Å². The van der Waals surface area contributed by atoms with E-state index in [2.05, 4.69) is 19.2 Å². The van der Waals surface area contributed by atoms with Crippen LogP contribution in [0.4, 0.5) is 5.69 Å². The molecule has 0 bridgehead atoms. The van der Waals surface area contributed by atoms with Crippen molar-refractivity contribution in [2.24, 2.45) is 11.8 Å². The van der Waals surface area contributed by atoms with E-state index in [1.165, 1.54) is 25.0 Å². The molecule has 0 spiro atoms. The van der Waals surface area contributed by atoms with Crippen molar-refractivity contribution in [1.82, 2.24) is 5.32 Å². The molecule has 2 rings (SSSR count). The monoisotopic (exact) mass is 278 g/mol. The van der Waals surface area contributed by atoms with Crippen molar-refractivity contribution < 1.29 is 9.66 Å². The minimum absolute atomic E-state index is 0.0873. The molecule has 1 aromatic carbocycles. The number of nitro benzene ring substituents is 1. The number of ether oxygens (including phenoxy) is 1. The van der Waals surface area contributed by atoms with Crippen LogP contribution < -0.4 is 10.1 Å². The van der Waals surface area contributed by atoms with E-state index in [0.29, 0.717) is 18.4 Å². The van der Waals surface area contributed by atoms with Crippen molar-refractivity contribution in [1.29, 1.82) is 0 Å². The molecule has 5 heteroatoms. The molecule has 0 aliphatic heterocycles. The largest absolute Gasteiger partial charge is 0.492 e. The number of nitro groups is 1. The third kappa shape index (κ3) is 3.70. The van der Waals surface area contributed by atoms with Crippen molar-refractivity contribution >= 4 is 5.69 Å². The molecule has 5 nitrogen and oxygen atoms in total. The van der Waals surface area contributed by atoms with Crippen LogP contribution in [0.3, 0.4) is 0 Å². The molecule has 3 unspecified atom stereocenters. The summed E-state index contributed by atoms with van der Waals surface area (Å²) in [5.74, 6) is 2.18. The first-order chi connectivity index (χ1) is 9.58. The number of hydrogen-bond donors (Lipinski definition) is 1. The minimum Gasteiger partial charge on any atom is -0.492 e. The van der Waals surface area contributed by atoms with E-state index in [-0.39, 0.29) is 5.69 Å². The number of rotatable bonds is 6. The highest BCUT2D eigenvalue weighted by molar-refractivity contribution is 5.35. The molecule has 1 aliphatic carbocycles. The van der Waals surface area contributed by atoms with E-state index in [0.717, 1.165) is 18.4 Å². The minimum atomic E-state index is -0.409. The van der Waals surface area contributed by atoms with Gasteiger partial charge in [0.15, 0.2) is 0 Å². The smallest absolute Gasteiger partial charge is 0.269 e. The zero-order valence-electron chi connectivity index (χ0n) is 12.0. The molecule has 1 aromatic rings. The first-order valence-corrected chi connectivity index (χ1v) is 7.18. The molecule has 3 atom stereocenters. The molecule has 0 aromatic heterocycles. The third-order valence-electron chi connectivity index (χ3n) is 4.29. The fraction of sp³-hybridized carbons (Fsp3) is 0.600. The Morgan fingerprint density at radius 2 is 2.00 bits per heavy atom. The molecule has 110 valence electrons. The molecular weight excluding hydrogens is 256 g/mol. The lowest BCUT2D eigenvalue weighted by atomic mass is 9.98. The van der Waals surface area contributed by atoms with Crippen LogP contribution in [0.2, 0.25) is 0 Å². The highest BCUT2D eigenvalue weighted by Crippen LogP contribution is 2.30. The van der Waals surface area contributed by atoms with E-state index in [4.69, 9.17) is 4.74 Å². The molecule has 1 fully saturated rings. The van der Waals surface area contributed by atoms with Crippen molar-refractivity contribution in [2.75, 3.05) is 13.2 Å². The lowest BCUT2D eigenvalue weighted by Gasteiger charge is -2.19. The summed E-state index contributed by atoms with van der Waals surface area (Å²) in [5.41, 5.74) is 0.0873. The van der Waals surface area contributed by atoms with Crippen LogP contribution in [0.25, 0.3) is 0 Å². The summed E-state index contributed by atoms with van der Waals surface area (Å²) in [6, 6.07) is 6.79. The third-order valence-corrected chi connectivity index (χ3v) is 4.29. The fourth-order valence-electron chi connectivity index (χ4n) is 2.73. The van der Waals surface area contributed by atoms with E-state index in [9.17, 15) is 10.1 Å². The van der Waals surface area contributed by atoms with Gasteiger partial charge in [0, 0.05) is 24.7 Å². The van der Waals surface area contributed by atoms with Gasteiger partial charge in [-0.05, 0) is 36.8 Å². The van der Waals surface area contributed by atoms with E-state index in [1.54, 1.807) is 12.1 Å². The molecule has 0 radical (unpaired) electrons. The van der Waals surface area contributed by atoms with Crippen molar-refractivity contribution in [3.63, 3.8) is 0 Å². The molecule has 0 heterocycles. The molecule has 0 amide bonds. The van der Waals surface area contributed by atoms with E-state index >= 15 is 0 Å². The van der Waals surface area contributed by atoms with Gasteiger partial charge >= 0.3 is 0 Å². The maximum atomic E-state index is 10.5. The molecule has 20 heavy (non-hydrogen) atoms. The molecule has 0 saturated heterocycles. The van der Waals surface area contributed by atoms with Crippen LogP contribution in [0.15, 0.2) is 24.3 Å². The Labute approximate surface area is 119 Å². The van der Waals surface area contributed by atoms with Gasteiger partial charge in [-0.1, -0.05) is 13.8 Å². The van der Waals surface area contributed by atoms with Crippen molar-refractivity contribution in [2.45, 2.75) is 32.7 Å². The lowest BCUT2D eigenvalue weighted by Crippen LogP contribution is -2.35.